The first-order chi connectivity index (χ1) is 9.11. The Morgan fingerprint density at radius 3 is 2.89 bits per heavy atom. The quantitative estimate of drug-likeness (QED) is 0.392. The Balaban J connectivity index is 2.13. The molecule has 100 valence electrons. The van der Waals surface area contributed by atoms with E-state index in [9.17, 15) is 4.79 Å². The van der Waals surface area contributed by atoms with Gasteiger partial charge in [0.05, 0.1) is 22.6 Å². The molecule has 3 N–H and O–H groups in total. The maximum absolute atomic E-state index is 11.5. The van der Waals surface area contributed by atoms with Crippen LogP contribution in [0.25, 0.3) is 0 Å². The van der Waals surface area contributed by atoms with Gasteiger partial charge in [-0.15, -0.1) is 11.8 Å². The monoisotopic (exact) mass is 316 g/mol. The third-order valence-electron chi connectivity index (χ3n) is 2.37. The molecule has 1 heterocycles. The Morgan fingerprint density at radius 2 is 2.16 bits per heavy atom. The van der Waals surface area contributed by atoms with Crippen LogP contribution >= 0.6 is 35.0 Å². The molecule has 7 heteroatoms. The number of amides is 1. The maximum atomic E-state index is 11.5. The first-order valence-corrected chi connectivity index (χ1v) is 7.01. The molecule has 0 saturated heterocycles. The van der Waals surface area contributed by atoms with Gasteiger partial charge in [-0.2, -0.15) is 0 Å². The SMILES string of the molecule is NNC(=O)c1ccoc1CSc1cc(Cl)ccc1Cl. The van der Waals surface area contributed by atoms with Crippen LogP contribution in [0.2, 0.25) is 10.0 Å². The van der Waals surface area contributed by atoms with Gasteiger partial charge in [-0.25, -0.2) is 5.84 Å². The van der Waals surface area contributed by atoms with Crippen molar-refractivity contribution in [3.63, 3.8) is 0 Å². The van der Waals surface area contributed by atoms with Crippen molar-refractivity contribution in [2.24, 2.45) is 5.84 Å². The second-order valence-electron chi connectivity index (χ2n) is 3.59. The highest BCUT2D eigenvalue weighted by atomic mass is 35.5. The number of nitrogens with one attached hydrogen (secondary N) is 1. The summed E-state index contributed by atoms with van der Waals surface area (Å²) in [5.74, 6) is 5.70. The summed E-state index contributed by atoms with van der Waals surface area (Å²) in [4.78, 5) is 12.3. The van der Waals surface area contributed by atoms with E-state index in [1.54, 1.807) is 24.3 Å². The fraction of sp³-hybridized carbons (Fsp3) is 0.0833. The van der Waals surface area contributed by atoms with E-state index in [4.69, 9.17) is 33.5 Å². The largest absolute Gasteiger partial charge is 0.468 e. The summed E-state index contributed by atoms with van der Waals surface area (Å²) >= 11 is 13.4. The van der Waals surface area contributed by atoms with E-state index in [0.717, 1.165) is 4.90 Å². The number of furan rings is 1. The molecule has 0 bridgehead atoms. The molecular weight excluding hydrogens is 307 g/mol. The molecule has 0 radical (unpaired) electrons. The van der Waals surface area contributed by atoms with Crippen LogP contribution in [0.15, 0.2) is 39.8 Å². The molecule has 0 spiro atoms. The maximum Gasteiger partial charge on any atom is 0.268 e. The van der Waals surface area contributed by atoms with Gasteiger partial charge in [0.1, 0.15) is 5.76 Å². The topological polar surface area (TPSA) is 68.3 Å². The number of thioether (sulfide) groups is 1. The van der Waals surface area contributed by atoms with Gasteiger partial charge in [0.25, 0.3) is 5.91 Å². The third-order valence-corrected chi connectivity index (χ3v) is 4.11. The third kappa shape index (κ3) is 3.45. The molecule has 1 aromatic heterocycles. The van der Waals surface area contributed by atoms with E-state index in [0.29, 0.717) is 27.1 Å². The van der Waals surface area contributed by atoms with Crippen LogP contribution in [0.4, 0.5) is 0 Å². The standard InChI is InChI=1S/C12H10Cl2N2O2S/c13-7-1-2-9(14)11(5-7)19-6-10-8(3-4-18-10)12(17)16-15/h1-5H,6,15H2,(H,16,17). The average Bonchev–Trinajstić information content (AvgIpc) is 2.87. The molecule has 0 aliphatic heterocycles. The van der Waals surface area contributed by atoms with Gasteiger partial charge in [-0.1, -0.05) is 23.2 Å². The summed E-state index contributed by atoms with van der Waals surface area (Å²) in [6.45, 7) is 0. The minimum atomic E-state index is -0.387. The predicted molar refractivity (Wildman–Crippen MR) is 76.4 cm³/mol. The summed E-state index contributed by atoms with van der Waals surface area (Å²) in [7, 11) is 0. The van der Waals surface area contributed by atoms with Crippen molar-refractivity contribution in [2.75, 3.05) is 0 Å². The highest BCUT2D eigenvalue weighted by molar-refractivity contribution is 7.98. The lowest BCUT2D eigenvalue weighted by Crippen LogP contribution is -2.30. The molecule has 0 unspecified atom stereocenters. The molecule has 19 heavy (non-hydrogen) atoms. The van der Waals surface area contributed by atoms with E-state index >= 15 is 0 Å². The molecule has 2 aromatic rings. The zero-order valence-corrected chi connectivity index (χ0v) is 12.0. The number of benzene rings is 1. The van der Waals surface area contributed by atoms with Gasteiger partial charge in [0.2, 0.25) is 0 Å². The highest BCUT2D eigenvalue weighted by Crippen LogP contribution is 2.32. The first kappa shape index (κ1) is 14.3. The highest BCUT2D eigenvalue weighted by Gasteiger charge is 2.14. The molecule has 0 aliphatic carbocycles. The minimum absolute atomic E-state index is 0.387. The van der Waals surface area contributed by atoms with Crippen LogP contribution in [0, 0.1) is 0 Å². The van der Waals surface area contributed by atoms with Gasteiger partial charge in [0, 0.05) is 9.92 Å². The number of hydrazine groups is 1. The summed E-state index contributed by atoms with van der Waals surface area (Å²) in [5, 5.41) is 1.21. The number of carbonyl (C=O) groups excluding carboxylic acids is 1. The summed E-state index contributed by atoms with van der Waals surface area (Å²) in [6, 6.07) is 6.77. The van der Waals surface area contributed by atoms with Gasteiger partial charge < -0.3 is 4.42 Å². The molecule has 4 nitrogen and oxygen atoms in total. The summed E-state index contributed by atoms with van der Waals surface area (Å²) < 4.78 is 5.27. The lowest BCUT2D eigenvalue weighted by molar-refractivity contribution is 0.0952. The number of rotatable bonds is 4. The normalized spacial score (nSPS) is 10.5. The van der Waals surface area contributed by atoms with Crippen molar-refractivity contribution >= 4 is 40.9 Å². The first-order valence-electron chi connectivity index (χ1n) is 5.27. The van der Waals surface area contributed by atoms with Crippen LogP contribution in [0.5, 0.6) is 0 Å². The summed E-state index contributed by atoms with van der Waals surface area (Å²) in [6.07, 6.45) is 1.44. The molecule has 2 rings (SSSR count). The smallest absolute Gasteiger partial charge is 0.268 e. The van der Waals surface area contributed by atoms with Crippen LogP contribution in [0.1, 0.15) is 16.1 Å². The molecule has 0 aliphatic rings. The Hall–Kier alpha value is -1.14. The lowest BCUT2D eigenvalue weighted by atomic mass is 10.2. The Kier molecular flexibility index (Phi) is 4.76. The number of hydrogen-bond acceptors (Lipinski definition) is 4. The van der Waals surface area contributed by atoms with E-state index in [1.165, 1.54) is 18.0 Å². The van der Waals surface area contributed by atoms with Gasteiger partial charge >= 0.3 is 0 Å². The second-order valence-corrected chi connectivity index (χ2v) is 5.46. The van der Waals surface area contributed by atoms with Crippen molar-refractivity contribution in [2.45, 2.75) is 10.6 Å². The zero-order valence-electron chi connectivity index (χ0n) is 9.65. The fourth-order valence-electron chi connectivity index (χ4n) is 1.46. The Morgan fingerprint density at radius 1 is 1.37 bits per heavy atom. The van der Waals surface area contributed by atoms with Crippen molar-refractivity contribution in [3.8, 4) is 0 Å². The number of carbonyl (C=O) groups is 1. The van der Waals surface area contributed by atoms with Gasteiger partial charge in [-0.05, 0) is 24.3 Å². The predicted octanol–water partition coefficient (Wildman–Crippen LogP) is 3.48. The number of halogens is 2. The molecule has 1 aromatic carbocycles. The number of nitrogens with two attached hydrogens (primary N) is 1. The van der Waals surface area contributed by atoms with Crippen LogP contribution in [-0.4, -0.2) is 5.91 Å². The van der Waals surface area contributed by atoms with Gasteiger partial charge in [-0.3, -0.25) is 10.2 Å². The van der Waals surface area contributed by atoms with Crippen LogP contribution in [-0.2, 0) is 5.75 Å². The average molecular weight is 317 g/mol. The van der Waals surface area contributed by atoms with E-state index in [2.05, 4.69) is 5.43 Å². The fourth-order valence-corrected chi connectivity index (χ4v) is 2.91. The van der Waals surface area contributed by atoms with Gasteiger partial charge in [0.15, 0.2) is 0 Å². The lowest BCUT2D eigenvalue weighted by Gasteiger charge is -2.04. The summed E-state index contributed by atoms with van der Waals surface area (Å²) in [5.41, 5.74) is 2.48. The number of nitrogen functional groups attached to an aromatic ring is 1. The zero-order chi connectivity index (χ0) is 13.8. The van der Waals surface area contributed by atoms with Crippen LogP contribution < -0.4 is 11.3 Å². The van der Waals surface area contributed by atoms with Crippen LogP contribution in [0.3, 0.4) is 0 Å². The molecular formula is C12H10Cl2N2O2S. The molecule has 0 fully saturated rings. The molecule has 0 saturated carbocycles. The van der Waals surface area contributed by atoms with E-state index < -0.39 is 0 Å². The van der Waals surface area contributed by atoms with Crippen molar-refractivity contribution in [3.05, 3.63) is 51.9 Å². The van der Waals surface area contributed by atoms with E-state index in [-0.39, 0.29) is 5.91 Å². The van der Waals surface area contributed by atoms with E-state index in [1.807, 2.05) is 0 Å². The van der Waals surface area contributed by atoms with Crippen molar-refractivity contribution in [1.82, 2.24) is 5.43 Å². The molecule has 1 amide bonds. The number of hydrogen-bond donors (Lipinski definition) is 2. The minimum Gasteiger partial charge on any atom is -0.468 e. The Bertz CT molecular complexity index is 601. The Labute approximate surface area is 124 Å². The van der Waals surface area contributed by atoms with Crippen molar-refractivity contribution < 1.29 is 9.21 Å². The van der Waals surface area contributed by atoms with Crippen molar-refractivity contribution in [1.29, 1.82) is 0 Å². The molecule has 0 atom stereocenters. The second kappa shape index (κ2) is 6.34.